The Morgan fingerprint density at radius 1 is 1.31 bits per heavy atom. The third-order valence-electron chi connectivity index (χ3n) is 2.09. The molecular weight excluding hydrogens is 229 g/mol. The zero-order valence-corrected chi connectivity index (χ0v) is 9.29. The van der Waals surface area contributed by atoms with Crippen LogP contribution < -0.4 is 5.73 Å². The number of aryl methyl sites for hydroxylation is 1. The molecule has 0 amide bonds. The van der Waals surface area contributed by atoms with Crippen molar-refractivity contribution in [1.29, 1.82) is 0 Å². The maximum Gasteiger partial charge on any atom is 0.220 e. The van der Waals surface area contributed by atoms with Gasteiger partial charge in [-0.3, -0.25) is 0 Å². The van der Waals surface area contributed by atoms with Gasteiger partial charge in [-0.1, -0.05) is 17.7 Å². The number of nitrogens with zero attached hydrogens (tertiary/aromatic N) is 2. The molecule has 5 heteroatoms. The van der Waals surface area contributed by atoms with E-state index in [1.165, 1.54) is 6.07 Å². The van der Waals surface area contributed by atoms with Gasteiger partial charge in [0.2, 0.25) is 5.95 Å². The Morgan fingerprint density at radius 2 is 2.06 bits per heavy atom. The van der Waals surface area contributed by atoms with Crippen LogP contribution in [0.15, 0.2) is 24.3 Å². The fourth-order valence-corrected chi connectivity index (χ4v) is 1.72. The molecule has 0 radical (unpaired) electrons. The average molecular weight is 238 g/mol. The van der Waals surface area contributed by atoms with Gasteiger partial charge in [0, 0.05) is 5.69 Å². The van der Waals surface area contributed by atoms with E-state index in [0.717, 1.165) is 0 Å². The number of nitrogens with two attached hydrogens (primary N) is 1. The molecule has 0 saturated heterocycles. The van der Waals surface area contributed by atoms with Gasteiger partial charge in [0.05, 0.1) is 16.3 Å². The summed E-state index contributed by atoms with van der Waals surface area (Å²) < 4.78 is 13.6. The number of halogens is 2. The van der Waals surface area contributed by atoms with Crippen LogP contribution in [-0.2, 0) is 0 Å². The molecule has 0 spiro atoms. The topological polar surface area (TPSA) is 51.8 Å². The van der Waals surface area contributed by atoms with Crippen molar-refractivity contribution in [1.82, 2.24) is 9.97 Å². The first-order valence-electron chi connectivity index (χ1n) is 4.63. The molecule has 0 saturated carbocycles. The fraction of sp³-hybridized carbons (Fsp3) is 0.0909. The van der Waals surface area contributed by atoms with Crippen LogP contribution in [0.4, 0.5) is 10.3 Å². The Hall–Kier alpha value is -1.68. The molecule has 0 unspecified atom stereocenters. The van der Waals surface area contributed by atoms with E-state index in [9.17, 15) is 4.39 Å². The first kappa shape index (κ1) is 10.8. The molecule has 1 aromatic heterocycles. The van der Waals surface area contributed by atoms with Crippen molar-refractivity contribution in [2.24, 2.45) is 0 Å². The zero-order chi connectivity index (χ0) is 11.7. The second-order valence-corrected chi connectivity index (χ2v) is 3.76. The number of hydrogen-bond acceptors (Lipinski definition) is 3. The van der Waals surface area contributed by atoms with Gasteiger partial charge < -0.3 is 5.73 Å². The van der Waals surface area contributed by atoms with Gasteiger partial charge in [0.1, 0.15) is 5.82 Å². The van der Waals surface area contributed by atoms with E-state index in [1.807, 2.05) is 0 Å². The summed E-state index contributed by atoms with van der Waals surface area (Å²) in [6, 6.07) is 6.11. The maximum absolute atomic E-state index is 13.6. The van der Waals surface area contributed by atoms with Crippen molar-refractivity contribution < 1.29 is 4.39 Å². The number of hydrogen-bond donors (Lipinski definition) is 1. The highest BCUT2D eigenvalue weighted by Crippen LogP contribution is 2.29. The second kappa shape index (κ2) is 4.06. The largest absolute Gasteiger partial charge is 0.368 e. The van der Waals surface area contributed by atoms with Crippen LogP contribution in [0.1, 0.15) is 5.69 Å². The lowest BCUT2D eigenvalue weighted by molar-refractivity contribution is 0.631. The summed E-state index contributed by atoms with van der Waals surface area (Å²) in [6.45, 7) is 1.76. The first-order valence-corrected chi connectivity index (χ1v) is 5.01. The Kier molecular flexibility index (Phi) is 2.75. The molecule has 3 nitrogen and oxygen atoms in total. The normalized spacial score (nSPS) is 10.4. The van der Waals surface area contributed by atoms with Crippen LogP contribution in [0.5, 0.6) is 0 Å². The van der Waals surface area contributed by atoms with Crippen LogP contribution in [0.2, 0.25) is 5.02 Å². The standard InChI is InChI=1S/C11H9ClFN3/c1-6-5-9(16-11(14)15-6)10-7(12)3-2-4-8(10)13/h2-5H,1H3,(H2,14,15,16). The predicted octanol–water partition coefficient (Wildman–Crippen LogP) is 2.83. The molecular formula is C11H9ClFN3. The van der Waals surface area contributed by atoms with Gasteiger partial charge in [-0.2, -0.15) is 0 Å². The SMILES string of the molecule is Cc1cc(-c2c(F)cccc2Cl)nc(N)n1. The van der Waals surface area contributed by atoms with Gasteiger partial charge >= 0.3 is 0 Å². The lowest BCUT2D eigenvalue weighted by Crippen LogP contribution is -1.99. The van der Waals surface area contributed by atoms with Crippen LogP contribution in [0.3, 0.4) is 0 Å². The summed E-state index contributed by atoms with van der Waals surface area (Å²) in [6.07, 6.45) is 0. The van der Waals surface area contributed by atoms with Gasteiger partial charge in [-0.15, -0.1) is 0 Å². The van der Waals surface area contributed by atoms with Crippen molar-refractivity contribution in [3.8, 4) is 11.3 Å². The van der Waals surface area contributed by atoms with Crippen molar-refractivity contribution in [3.63, 3.8) is 0 Å². The van der Waals surface area contributed by atoms with Crippen LogP contribution >= 0.6 is 11.6 Å². The third-order valence-corrected chi connectivity index (χ3v) is 2.41. The molecule has 16 heavy (non-hydrogen) atoms. The Balaban J connectivity index is 2.67. The maximum atomic E-state index is 13.6. The summed E-state index contributed by atoms with van der Waals surface area (Å²) in [5.41, 5.74) is 6.83. The number of aromatic nitrogens is 2. The molecule has 2 rings (SSSR count). The highest BCUT2D eigenvalue weighted by molar-refractivity contribution is 6.33. The van der Waals surface area contributed by atoms with E-state index < -0.39 is 5.82 Å². The first-order chi connectivity index (χ1) is 7.58. The highest BCUT2D eigenvalue weighted by Gasteiger charge is 2.11. The fourth-order valence-electron chi connectivity index (χ4n) is 1.46. The van der Waals surface area contributed by atoms with E-state index in [0.29, 0.717) is 16.4 Å². The molecule has 0 atom stereocenters. The van der Waals surface area contributed by atoms with Crippen molar-refractivity contribution >= 4 is 17.5 Å². The average Bonchev–Trinajstić information content (AvgIpc) is 2.15. The number of anilines is 1. The Bertz CT molecular complexity index is 502. The third kappa shape index (κ3) is 1.97. The van der Waals surface area contributed by atoms with Crippen molar-refractivity contribution in [2.75, 3.05) is 5.73 Å². The molecule has 0 bridgehead atoms. The molecule has 0 aliphatic rings. The lowest BCUT2D eigenvalue weighted by Gasteiger charge is -2.06. The van der Waals surface area contributed by atoms with Gasteiger partial charge in [0.25, 0.3) is 0 Å². The Morgan fingerprint density at radius 3 is 2.69 bits per heavy atom. The smallest absolute Gasteiger partial charge is 0.220 e. The molecule has 1 heterocycles. The molecule has 0 aliphatic carbocycles. The quantitative estimate of drug-likeness (QED) is 0.830. The van der Waals surface area contributed by atoms with Gasteiger partial charge in [0.15, 0.2) is 0 Å². The van der Waals surface area contributed by atoms with E-state index in [1.54, 1.807) is 25.1 Å². The van der Waals surface area contributed by atoms with Crippen molar-refractivity contribution in [3.05, 3.63) is 40.8 Å². The lowest BCUT2D eigenvalue weighted by atomic mass is 10.1. The molecule has 0 aliphatic heterocycles. The summed E-state index contributed by atoms with van der Waals surface area (Å²) in [4.78, 5) is 7.89. The highest BCUT2D eigenvalue weighted by atomic mass is 35.5. The number of benzene rings is 1. The summed E-state index contributed by atoms with van der Waals surface area (Å²) >= 11 is 5.93. The van der Waals surface area contributed by atoms with E-state index in [4.69, 9.17) is 17.3 Å². The van der Waals surface area contributed by atoms with E-state index >= 15 is 0 Å². The summed E-state index contributed by atoms with van der Waals surface area (Å²) in [5, 5.41) is 0.303. The monoisotopic (exact) mass is 237 g/mol. The minimum absolute atomic E-state index is 0.106. The number of nitrogen functional groups attached to an aromatic ring is 1. The minimum atomic E-state index is -0.426. The zero-order valence-electron chi connectivity index (χ0n) is 8.54. The van der Waals surface area contributed by atoms with Crippen LogP contribution in [0, 0.1) is 12.7 Å². The molecule has 0 fully saturated rings. The summed E-state index contributed by atoms with van der Waals surface area (Å²) in [7, 11) is 0. The second-order valence-electron chi connectivity index (χ2n) is 3.35. The van der Waals surface area contributed by atoms with Crippen LogP contribution in [0.25, 0.3) is 11.3 Å². The van der Waals surface area contributed by atoms with Gasteiger partial charge in [-0.25, -0.2) is 14.4 Å². The van der Waals surface area contributed by atoms with E-state index in [2.05, 4.69) is 9.97 Å². The van der Waals surface area contributed by atoms with Crippen LogP contribution in [-0.4, -0.2) is 9.97 Å². The minimum Gasteiger partial charge on any atom is -0.368 e. The van der Waals surface area contributed by atoms with Gasteiger partial charge in [-0.05, 0) is 25.1 Å². The van der Waals surface area contributed by atoms with E-state index in [-0.39, 0.29) is 11.5 Å². The molecule has 82 valence electrons. The number of rotatable bonds is 1. The Labute approximate surface area is 97.1 Å². The summed E-state index contributed by atoms with van der Waals surface area (Å²) in [5.74, 6) is -0.320. The molecule has 1 aromatic carbocycles. The molecule has 2 N–H and O–H groups in total. The van der Waals surface area contributed by atoms with Crippen molar-refractivity contribution in [2.45, 2.75) is 6.92 Å². The molecule has 2 aromatic rings. The predicted molar refractivity (Wildman–Crippen MR) is 61.6 cm³/mol.